The fraction of sp³-hybridized carbons (Fsp3) is 0.483. The smallest absolute Gasteiger partial charge is 0.243 e. The second-order valence-corrected chi connectivity index (χ2v) is 13.0. The number of likely N-dealkylation sites (N-methyl/N-ethyl adjacent to an activating group) is 1. The summed E-state index contributed by atoms with van der Waals surface area (Å²) in [6.07, 6.45) is 5.14. The van der Waals surface area contributed by atoms with Crippen LogP contribution >= 0.6 is 0 Å². The molecule has 2 fully saturated rings. The van der Waals surface area contributed by atoms with Crippen molar-refractivity contribution in [2.75, 3.05) is 46.3 Å². The van der Waals surface area contributed by atoms with Crippen LogP contribution in [0.1, 0.15) is 41.3 Å². The number of piperazine rings is 2. The van der Waals surface area contributed by atoms with Crippen molar-refractivity contribution in [3.63, 3.8) is 0 Å². The Morgan fingerprint density at radius 2 is 1.82 bits per heavy atom. The number of benzene rings is 2. The average molecular weight is 564 g/mol. The fourth-order valence-corrected chi connectivity index (χ4v) is 7.75. The van der Waals surface area contributed by atoms with E-state index in [1.165, 1.54) is 21.0 Å². The zero-order valence-corrected chi connectivity index (χ0v) is 23.8. The van der Waals surface area contributed by atoms with E-state index in [-0.39, 0.29) is 36.4 Å². The first-order valence-corrected chi connectivity index (χ1v) is 15.6. The number of nitrogens with one attached hydrogen (secondary N) is 1. The molecule has 0 radical (unpaired) electrons. The van der Waals surface area contributed by atoms with Gasteiger partial charge in [0.1, 0.15) is 6.04 Å². The summed E-state index contributed by atoms with van der Waals surface area (Å²) < 4.78 is 30.0. The van der Waals surface area contributed by atoms with Gasteiger partial charge in [-0.1, -0.05) is 41.6 Å². The number of rotatable bonds is 7. The highest BCUT2D eigenvalue weighted by Gasteiger charge is 2.39. The van der Waals surface area contributed by atoms with Crippen molar-refractivity contribution < 1.29 is 13.2 Å². The normalized spacial score (nSPS) is 23.1. The molecule has 10 nitrogen and oxygen atoms in total. The van der Waals surface area contributed by atoms with Crippen molar-refractivity contribution in [3.8, 4) is 0 Å². The van der Waals surface area contributed by atoms with Crippen molar-refractivity contribution in [3.05, 3.63) is 77.1 Å². The van der Waals surface area contributed by atoms with Gasteiger partial charge in [0.25, 0.3) is 0 Å². The maximum atomic E-state index is 13.4. The lowest BCUT2D eigenvalue weighted by Crippen LogP contribution is -2.57. The highest BCUT2D eigenvalue weighted by Crippen LogP contribution is 2.33. The van der Waals surface area contributed by atoms with Crippen molar-refractivity contribution in [1.29, 1.82) is 0 Å². The Kier molecular flexibility index (Phi) is 7.71. The van der Waals surface area contributed by atoms with E-state index in [9.17, 15) is 13.2 Å². The molecule has 1 aromatic heterocycles. The molecule has 2 saturated heterocycles. The highest BCUT2D eigenvalue weighted by molar-refractivity contribution is 7.89. The summed E-state index contributed by atoms with van der Waals surface area (Å²) in [5, 5.41) is 11.7. The molecule has 6 rings (SSSR count). The maximum Gasteiger partial charge on any atom is 0.243 e. The number of fused-ring (bicyclic) bond motifs is 1. The Labute approximate surface area is 236 Å². The monoisotopic (exact) mass is 563 g/mol. The van der Waals surface area contributed by atoms with Crippen LogP contribution in [0.5, 0.6) is 0 Å². The molecule has 40 heavy (non-hydrogen) atoms. The predicted octanol–water partition coefficient (Wildman–Crippen LogP) is 1.68. The first-order valence-electron chi connectivity index (χ1n) is 14.2. The molecule has 2 aromatic carbocycles. The maximum absolute atomic E-state index is 13.4. The van der Waals surface area contributed by atoms with Gasteiger partial charge in [0.2, 0.25) is 15.9 Å². The van der Waals surface area contributed by atoms with Crippen LogP contribution in [0, 0.1) is 0 Å². The third-order valence-corrected chi connectivity index (χ3v) is 10.3. The van der Waals surface area contributed by atoms with Gasteiger partial charge >= 0.3 is 0 Å². The lowest BCUT2D eigenvalue weighted by Gasteiger charge is -2.33. The first-order chi connectivity index (χ1) is 19.4. The SMILES string of the molecule is CN1CCN(Cc2ccc3c(c2)CCC[C@H]3n2cc(C[C@@H]3C(=O)NCCN3S(=O)(=O)c3ccccc3)nn2)CC1. The van der Waals surface area contributed by atoms with E-state index in [1.54, 1.807) is 30.3 Å². The lowest BCUT2D eigenvalue weighted by molar-refractivity contribution is -0.126. The molecular formula is C29H37N7O3S. The van der Waals surface area contributed by atoms with E-state index < -0.39 is 16.1 Å². The molecule has 3 heterocycles. The molecule has 212 valence electrons. The van der Waals surface area contributed by atoms with Gasteiger partial charge < -0.3 is 10.2 Å². The molecule has 0 spiro atoms. The van der Waals surface area contributed by atoms with Crippen LogP contribution < -0.4 is 5.32 Å². The summed E-state index contributed by atoms with van der Waals surface area (Å²) in [6, 6.07) is 14.3. The first kappa shape index (κ1) is 27.1. The molecule has 2 aliphatic heterocycles. The third-order valence-electron chi connectivity index (χ3n) is 8.40. The number of carbonyl (C=O) groups is 1. The van der Waals surface area contributed by atoms with Crippen LogP contribution in [-0.2, 0) is 34.2 Å². The third kappa shape index (κ3) is 5.56. The van der Waals surface area contributed by atoms with Crippen LogP contribution in [-0.4, -0.2) is 95.8 Å². The zero-order valence-electron chi connectivity index (χ0n) is 22.9. The van der Waals surface area contributed by atoms with Crippen LogP contribution in [0.3, 0.4) is 0 Å². The Bertz CT molecular complexity index is 1450. The number of carbonyl (C=O) groups excluding carboxylic acids is 1. The summed E-state index contributed by atoms with van der Waals surface area (Å²) in [6.45, 7) is 5.89. The second kappa shape index (κ2) is 11.4. The Balaban J connectivity index is 1.18. The fourth-order valence-electron chi connectivity index (χ4n) is 6.14. The zero-order chi connectivity index (χ0) is 27.7. The number of hydrogen-bond donors (Lipinski definition) is 1. The number of aryl methyl sites for hydroxylation is 1. The number of sulfonamides is 1. The van der Waals surface area contributed by atoms with Gasteiger partial charge in [-0.05, 0) is 55.1 Å². The predicted molar refractivity (Wildman–Crippen MR) is 151 cm³/mol. The van der Waals surface area contributed by atoms with E-state index >= 15 is 0 Å². The summed E-state index contributed by atoms with van der Waals surface area (Å²) in [5.41, 5.74) is 4.60. The molecule has 0 unspecified atom stereocenters. The van der Waals surface area contributed by atoms with Crippen molar-refractivity contribution in [2.24, 2.45) is 0 Å². The van der Waals surface area contributed by atoms with Crippen LogP contribution in [0.4, 0.5) is 0 Å². The molecule has 3 aliphatic rings. The van der Waals surface area contributed by atoms with E-state index in [0.717, 1.165) is 52.0 Å². The molecule has 1 amide bonds. The van der Waals surface area contributed by atoms with E-state index in [0.29, 0.717) is 5.69 Å². The molecule has 2 atom stereocenters. The van der Waals surface area contributed by atoms with Crippen molar-refractivity contribution in [2.45, 2.75) is 49.2 Å². The van der Waals surface area contributed by atoms with Gasteiger partial charge in [0, 0.05) is 58.4 Å². The van der Waals surface area contributed by atoms with Crippen molar-refractivity contribution in [1.82, 2.24) is 34.4 Å². The lowest BCUT2D eigenvalue weighted by atomic mass is 9.86. The summed E-state index contributed by atoms with van der Waals surface area (Å²) in [7, 11) is -1.64. The minimum atomic E-state index is -3.82. The number of hydrogen-bond acceptors (Lipinski definition) is 7. The Morgan fingerprint density at radius 3 is 2.62 bits per heavy atom. The minimum absolute atomic E-state index is 0.0759. The average Bonchev–Trinajstić information content (AvgIpc) is 3.44. The molecule has 11 heteroatoms. The van der Waals surface area contributed by atoms with E-state index in [2.05, 4.69) is 50.7 Å². The highest BCUT2D eigenvalue weighted by atomic mass is 32.2. The standard InChI is InChI=1S/C29H37N7O3S/c1-33-14-16-34(17-15-33)20-22-10-11-26-23(18-22)6-5-9-27(26)35-21-24(31-32-35)19-28-29(37)30-12-13-36(28)40(38,39)25-7-3-2-4-8-25/h2-4,7-8,10-11,18,21,27-28H,5-6,9,12-17,19-20H2,1H3,(H,30,37)/t27-,28-/m1/s1. The quantitative estimate of drug-likeness (QED) is 0.467. The minimum Gasteiger partial charge on any atom is -0.353 e. The number of aromatic nitrogens is 3. The van der Waals surface area contributed by atoms with Gasteiger partial charge in [0.05, 0.1) is 16.6 Å². The van der Waals surface area contributed by atoms with Gasteiger partial charge in [-0.15, -0.1) is 5.10 Å². The molecule has 1 aliphatic carbocycles. The van der Waals surface area contributed by atoms with Crippen molar-refractivity contribution >= 4 is 15.9 Å². The number of amides is 1. The summed E-state index contributed by atoms with van der Waals surface area (Å²) >= 11 is 0. The van der Waals surface area contributed by atoms with Gasteiger partial charge in [-0.3, -0.25) is 9.69 Å². The molecule has 3 aromatic rings. The second-order valence-electron chi connectivity index (χ2n) is 11.2. The Hall–Kier alpha value is -3.12. The Morgan fingerprint density at radius 1 is 1.02 bits per heavy atom. The van der Waals surface area contributed by atoms with Crippen LogP contribution in [0.2, 0.25) is 0 Å². The van der Waals surface area contributed by atoms with Gasteiger partial charge in [-0.2, -0.15) is 4.31 Å². The molecular weight excluding hydrogens is 526 g/mol. The van der Waals surface area contributed by atoms with Crippen LogP contribution in [0.25, 0.3) is 0 Å². The largest absolute Gasteiger partial charge is 0.353 e. The van der Waals surface area contributed by atoms with E-state index in [4.69, 9.17) is 0 Å². The van der Waals surface area contributed by atoms with E-state index in [1.807, 2.05) is 10.9 Å². The molecule has 0 bridgehead atoms. The molecule has 0 saturated carbocycles. The van der Waals surface area contributed by atoms with Crippen LogP contribution in [0.15, 0.2) is 59.6 Å². The number of nitrogens with zero attached hydrogens (tertiary/aromatic N) is 6. The topological polar surface area (TPSA) is 104 Å². The van der Waals surface area contributed by atoms with Gasteiger partial charge in [0.15, 0.2) is 0 Å². The van der Waals surface area contributed by atoms with Gasteiger partial charge in [-0.25, -0.2) is 13.1 Å². The summed E-state index contributed by atoms with van der Waals surface area (Å²) in [4.78, 5) is 18.0. The summed E-state index contributed by atoms with van der Waals surface area (Å²) in [5.74, 6) is -0.309. The molecule has 1 N–H and O–H groups in total.